The van der Waals surface area contributed by atoms with Crippen molar-refractivity contribution in [2.45, 2.75) is 0 Å². The minimum absolute atomic E-state index is 0.292. The number of fused-ring (bicyclic) bond motifs is 2. The van der Waals surface area contributed by atoms with E-state index in [1.54, 1.807) is 38.6 Å². The van der Waals surface area contributed by atoms with Gasteiger partial charge in [0.05, 0.1) is 42.4 Å². The topological polar surface area (TPSA) is 83.8 Å². The average molecular weight is 491 g/mol. The summed E-state index contributed by atoms with van der Waals surface area (Å²) in [5.74, 6) is 2.14. The van der Waals surface area contributed by atoms with Crippen LogP contribution in [0.5, 0.6) is 11.5 Å². The Balaban J connectivity index is 1.50. The highest BCUT2D eigenvalue weighted by atomic mass is 16.5. The normalized spacial score (nSPS) is 11.5. The summed E-state index contributed by atoms with van der Waals surface area (Å²) in [7, 11) is 3.24. The Kier molecular flexibility index (Phi) is 5.54. The van der Waals surface area contributed by atoms with Crippen LogP contribution < -0.4 is 15.0 Å². The van der Waals surface area contributed by atoms with Gasteiger partial charge in [-0.2, -0.15) is 9.78 Å². The molecule has 0 bridgehead atoms. The molecule has 0 spiro atoms. The number of hydrogen-bond donors (Lipinski definition) is 0. The second kappa shape index (κ2) is 9.16. The summed E-state index contributed by atoms with van der Waals surface area (Å²) < 4.78 is 20.1. The third kappa shape index (κ3) is 3.94. The lowest BCUT2D eigenvalue weighted by Crippen LogP contribution is -2.20. The van der Waals surface area contributed by atoms with E-state index in [2.05, 4.69) is 5.10 Å². The van der Waals surface area contributed by atoms with Gasteiger partial charge in [-0.3, -0.25) is 4.79 Å². The van der Waals surface area contributed by atoms with Gasteiger partial charge in [0.1, 0.15) is 17.1 Å². The molecule has 6 aromatic rings. The molecule has 3 aromatic carbocycles. The van der Waals surface area contributed by atoms with Gasteiger partial charge in [0.15, 0.2) is 5.76 Å². The molecule has 37 heavy (non-hydrogen) atoms. The Bertz CT molecular complexity index is 1830. The quantitative estimate of drug-likeness (QED) is 0.288. The van der Waals surface area contributed by atoms with Gasteiger partial charge in [0.2, 0.25) is 5.82 Å². The van der Waals surface area contributed by atoms with Crippen molar-refractivity contribution >= 4 is 28.1 Å². The first-order chi connectivity index (χ1) is 18.2. The molecule has 0 fully saturated rings. The molecule has 0 aliphatic carbocycles. The average Bonchev–Trinajstić information content (AvgIpc) is 3.59. The summed E-state index contributed by atoms with van der Waals surface area (Å²) in [6, 6.07) is 26.1. The highest BCUT2D eigenvalue weighted by Crippen LogP contribution is 2.32. The maximum Gasteiger partial charge on any atom is 0.282 e. The fourth-order valence-corrected chi connectivity index (χ4v) is 4.31. The van der Waals surface area contributed by atoms with Crippen molar-refractivity contribution in [3.8, 4) is 28.8 Å². The highest BCUT2D eigenvalue weighted by molar-refractivity contribution is 5.88. The van der Waals surface area contributed by atoms with E-state index in [-0.39, 0.29) is 5.56 Å². The van der Waals surface area contributed by atoms with Crippen molar-refractivity contribution in [3.05, 3.63) is 107 Å². The Morgan fingerprint density at radius 3 is 2.54 bits per heavy atom. The predicted octanol–water partition coefficient (Wildman–Crippen LogP) is 5.50. The van der Waals surface area contributed by atoms with Crippen LogP contribution in [-0.4, -0.2) is 34.7 Å². The molecule has 8 heteroatoms. The van der Waals surface area contributed by atoms with Gasteiger partial charge in [0.25, 0.3) is 5.56 Å². The second-order valence-electron chi connectivity index (χ2n) is 8.30. The van der Waals surface area contributed by atoms with Gasteiger partial charge in [-0.15, -0.1) is 0 Å². The number of aromatic nitrogens is 3. The van der Waals surface area contributed by atoms with E-state index in [4.69, 9.17) is 18.9 Å². The van der Waals surface area contributed by atoms with Crippen molar-refractivity contribution < 1.29 is 13.9 Å². The van der Waals surface area contributed by atoms with E-state index in [0.717, 1.165) is 22.5 Å². The van der Waals surface area contributed by atoms with Crippen LogP contribution in [-0.2, 0) is 0 Å². The number of benzene rings is 3. The molecular weight excluding hydrogens is 468 g/mol. The number of methoxy groups -OCH3 is 2. The van der Waals surface area contributed by atoms with E-state index in [0.29, 0.717) is 33.8 Å². The lowest BCUT2D eigenvalue weighted by molar-refractivity contribution is 0.414. The van der Waals surface area contributed by atoms with Crippen LogP contribution >= 0.6 is 0 Å². The first kappa shape index (κ1) is 22.4. The minimum Gasteiger partial charge on any atom is -0.497 e. The lowest BCUT2D eigenvalue weighted by atomic mass is 10.2. The van der Waals surface area contributed by atoms with Crippen LogP contribution in [0.1, 0.15) is 5.69 Å². The summed E-state index contributed by atoms with van der Waals surface area (Å²) in [4.78, 5) is 18.3. The Morgan fingerprint density at radius 1 is 0.892 bits per heavy atom. The van der Waals surface area contributed by atoms with E-state index < -0.39 is 0 Å². The molecular formula is C29H22N4O4. The third-order valence-electron chi connectivity index (χ3n) is 6.15. The van der Waals surface area contributed by atoms with Crippen molar-refractivity contribution in [1.82, 2.24) is 14.2 Å². The van der Waals surface area contributed by atoms with Crippen LogP contribution in [0.15, 0.2) is 105 Å². The molecule has 3 heterocycles. The Morgan fingerprint density at radius 2 is 1.73 bits per heavy atom. The van der Waals surface area contributed by atoms with E-state index in [1.165, 1.54) is 4.68 Å². The molecule has 0 saturated carbocycles. The van der Waals surface area contributed by atoms with Gasteiger partial charge >= 0.3 is 0 Å². The van der Waals surface area contributed by atoms with Crippen LogP contribution in [0.2, 0.25) is 0 Å². The molecule has 0 atom stereocenters. The maximum absolute atomic E-state index is 13.6. The van der Waals surface area contributed by atoms with Gasteiger partial charge in [-0.05, 0) is 66.7 Å². The highest BCUT2D eigenvalue weighted by Gasteiger charge is 2.18. The summed E-state index contributed by atoms with van der Waals surface area (Å²) in [5, 5.41) is 5.83. The smallest absolute Gasteiger partial charge is 0.282 e. The standard InChI is InChI=1S/C29H22N4O4/c1-35-21-14-12-19(13-15-21)32-16-6-7-20(32)18-30-33-28(31-24-9-4-3-8-22(24)29(33)34)27-17-23-25(36-2)10-5-11-26(23)37-27/h3-18H,1-2H3. The van der Waals surface area contributed by atoms with E-state index >= 15 is 0 Å². The van der Waals surface area contributed by atoms with Gasteiger partial charge in [-0.25, -0.2) is 4.98 Å². The van der Waals surface area contributed by atoms with Crippen LogP contribution in [0.3, 0.4) is 0 Å². The number of hydrogen-bond acceptors (Lipinski definition) is 6. The summed E-state index contributed by atoms with van der Waals surface area (Å²) in [6.45, 7) is 0. The number of furan rings is 1. The molecule has 182 valence electrons. The molecule has 0 radical (unpaired) electrons. The molecule has 8 nitrogen and oxygen atoms in total. The van der Waals surface area contributed by atoms with Crippen molar-refractivity contribution in [2.24, 2.45) is 5.10 Å². The zero-order chi connectivity index (χ0) is 25.4. The summed E-state index contributed by atoms with van der Waals surface area (Å²) in [6.07, 6.45) is 3.56. The first-order valence-electron chi connectivity index (χ1n) is 11.6. The first-order valence-corrected chi connectivity index (χ1v) is 11.6. The number of ether oxygens (including phenoxy) is 2. The van der Waals surface area contributed by atoms with Crippen molar-refractivity contribution in [1.29, 1.82) is 0 Å². The number of nitrogens with zero attached hydrogens (tertiary/aromatic N) is 4. The van der Waals surface area contributed by atoms with Gasteiger partial charge in [0, 0.05) is 11.9 Å². The minimum atomic E-state index is -0.299. The monoisotopic (exact) mass is 490 g/mol. The van der Waals surface area contributed by atoms with Gasteiger partial charge in [-0.1, -0.05) is 18.2 Å². The van der Waals surface area contributed by atoms with E-state index in [9.17, 15) is 4.79 Å². The third-order valence-corrected chi connectivity index (χ3v) is 6.15. The number of rotatable bonds is 6. The molecule has 0 N–H and O–H groups in total. The SMILES string of the molecule is COc1ccc(-n2cccc2C=Nn2c(-c3cc4c(OC)cccc4o3)nc3ccccc3c2=O)cc1. The lowest BCUT2D eigenvalue weighted by Gasteiger charge is -2.09. The van der Waals surface area contributed by atoms with Crippen LogP contribution in [0, 0.1) is 0 Å². The molecule has 0 aliphatic heterocycles. The molecule has 0 amide bonds. The molecule has 6 rings (SSSR count). The fourth-order valence-electron chi connectivity index (χ4n) is 4.31. The molecule has 3 aromatic heterocycles. The van der Waals surface area contributed by atoms with Crippen LogP contribution in [0.4, 0.5) is 0 Å². The van der Waals surface area contributed by atoms with Gasteiger partial charge < -0.3 is 18.5 Å². The molecule has 0 aliphatic rings. The fraction of sp³-hybridized carbons (Fsp3) is 0.0690. The van der Waals surface area contributed by atoms with Crippen LogP contribution in [0.25, 0.3) is 39.1 Å². The molecule has 0 saturated heterocycles. The largest absolute Gasteiger partial charge is 0.497 e. The Hall–Kier alpha value is -5.11. The zero-order valence-corrected chi connectivity index (χ0v) is 20.2. The second-order valence-corrected chi connectivity index (χ2v) is 8.30. The Labute approximate surface area is 211 Å². The van der Waals surface area contributed by atoms with Crippen molar-refractivity contribution in [2.75, 3.05) is 14.2 Å². The van der Waals surface area contributed by atoms with E-state index in [1.807, 2.05) is 77.5 Å². The summed E-state index contributed by atoms with van der Waals surface area (Å²) in [5.41, 5.74) is 2.60. The zero-order valence-electron chi connectivity index (χ0n) is 20.2. The van der Waals surface area contributed by atoms with Crippen molar-refractivity contribution in [3.63, 3.8) is 0 Å². The predicted molar refractivity (Wildman–Crippen MR) is 143 cm³/mol. The maximum atomic E-state index is 13.6. The molecule has 0 unspecified atom stereocenters. The number of para-hydroxylation sites is 1. The summed E-state index contributed by atoms with van der Waals surface area (Å²) >= 11 is 0.